The molecule has 1 aromatic rings. The van der Waals surface area contributed by atoms with Crippen LogP contribution in [-0.4, -0.2) is 21.8 Å². The molecule has 19 heavy (non-hydrogen) atoms. The number of pyridine rings is 1. The van der Waals surface area contributed by atoms with E-state index in [0.29, 0.717) is 5.03 Å². The number of aromatic nitrogens is 1. The van der Waals surface area contributed by atoms with Crippen LogP contribution >= 0.6 is 11.8 Å². The largest absolute Gasteiger partial charge is 0.478 e. The molecule has 0 aromatic carbocycles. The van der Waals surface area contributed by atoms with Gasteiger partial charge >= 0.3 is 5.97 Å². The van der Waals surface area contributed by atoms with Gasteiger partial charge in [0.1, 0.15) is 5.03 Å². The monoisotopic (exact) mass is 278 g/mol. The fraction of sp³-hybridized carbons (Fsp3) is 0.500. The highest BCUT2D eigenvalue weighted by Crippen LogP contribution is 2.25. The van der Waals surface area contributed by atoms with Crippen LogP contribution in [0.15, 0.2) is 23.4 Å². The highest BCUT2D eigenvalue weighted by molar-refractivity contribution is 7.99. The Morgan fingerprint density at radius 1 is 1.53 bits per heavy atom. The van der Waals surface area contributed by atoms with E-state index in [1.165, 1.54) is 11.8 Å². The van der Waals surface area contributed by atoms with Gasteiger partial charge in [-0.25, -0.2) is 9.78 Å². The molecule has 0 aliphatic heterocycles. The zero-order chi connectivity index (χ0) is 14.3. The molecule has 0 radical (unpaired) electrons. The maximum Gasteiger partial charge on any atom is 0.338 e. The smallest absolute Gasteiger partial charge is 0.338 e. The second-order valence-electron chi connectivity index (χ2n) is 4.96. The van der Waals surface area contributed by atoms with Gasteiger partial charge in [0.15, 0.2) is 0 Å². The quantitative estimate of drug-likeness (QED) is 0.609. The highest BCUT2D eigenvalue weighted by atomic mass is 32.2. The van der Waals surface area contributed by atoms with E-state index in [-0.39, 0.29) is 11.0 Å². The van der Waals surface area contributed by atoms with E-state index >= 15 is 0 Å². The van der Waals surface area contributed by atoms with Gasteiger partial charge in [-0.3, -0.25) is 0 Å². The van der Waals surface area contributed by atoms with Crippen LogP contribution in [0.25, 0.3) is 0 Å². The van der Waals surface area contributed by atoms with Gasteiger partial charge in [0, 0.05) is 6.20 Å². The standard InChI is InChI=1S/C14H18N2O2S/c1-14(2,10-15)7-3-4-9-19-12-11(13(17)18)6-5-8-16-12/h5-6,8H,3-4,7,9H2,1-2H3,(H,17,18). The molecular weight excluding hydrogens is 260 g/mol. The molecule has 0 spiro atoms. The molecule has 102 valence electrons. The lowest BCUT2D eigenvalue weighted by Gasteiger charge is -2.14. The Morgan fingerprint density at radius 2 is 2.26 bits per heavy atom. The van der Waals surface area contributed by atoms with E-state index in [4.69, 9.17) is 10.4 Å². The van der Waals surface area contributed by atoms with Crippen molar-refractivity contribution < 1.29 is 9.90 Å². The predicted molar refractivity (Wildman–Crippen MR) is 75.2 cm³/mol. The minimum Gasteiger partial charge on any atom is -0.478 e. The summed E-state index contributed by atoms with van der Waals surface area (Å²) in [5.41, 5.74) is -0.0214. The maximum atomic E-state index is 11.0. The fourth-order valence-corrected chi connectivity index (χ4v) is 2.55. The first-order valence-corrected chi connectivity index (χ1v) is 7.17. The molecule has 0 bridgehead atoms. The zero-order valence-corrected chi connectivity index (χ0v) is 12.0. The van der Waals surface area contributed by atoms with Crippen molar-refractivity contribution in [1.29, 1.82) is 5.26 Å². The van der Waals surface area contributed by atoms with E-state index in [1.807, 2.05) is 13.8 Å². The summed E-state index contributed by atoms with van der Waals surface area (Å²) >= 11 is 1.46. The first kappa shape index (κ1) is 15.5. The van der Waals surface area contributed by atoms with Gasteiger partial charge in [-0.15, -0.1) is 11.8 Å². The van der Waals surface area contributed by atoms with Crippen LogP contribution in [0.1, 0.15) is 43.5 Å². The van der Waals surface area contributed by atoms with Crippen molar-refractivity contribution in [3.05, 3.63) is 23.9 Å². The first-order valence-electron chi connectivity index (χ1n) is 6.18. The number of carbonyl (C=O) groups is 1. The van der Waals surface area contributed by atoms with Crippen molar-refractivity contribution in [3.63, 3.8) is 0 Å². The van der Waals surface area contributed by atoms with Crippen molar-refractivity contribution >= 4 is 17.7 Å². The average molecular weight is 278 g/mol. The van der Waals surface area contributed by atoms with Crippen LogP contribution in [0, 0.1) is 16.7 Å². The van der Waals surface area contributed by atoms with Gasteiger partial charge in [-0.2, -0.15) is 5.26 Å². The molecule has 0 saturated heterocycles. The molecule has 0 amide bonds. The predicted octanol–water partition coefficient (Wildman–Crippen LogP) is 3.59. The number of carboxylic acids is 1. The third-order valence-electron chi connectivity index (χ3n) is 2.74. The minimum atomic E-state index is -0.943. The molecule has 0 atom stereocenters. The number of rotatable bonds is 7. The number of hydrogen-bond donors (Lipinski definition) is 1. The second-order valence-corrected chi connectivity index (χ2v) is 6.05. The first-order chi connectivity index (χ1) is 8.96. The lowest BCUT2D eigenvalue weighted by Crippen LogP contribution is -2.07. The lowest BCUT2D eigenvalue weighted by atomic mass is 9.89. The van der Waals surface area contributed by atoms with Gasteiger partial charge in [0.05, 0.1) is 17.0 Å². The summed E-state index contributed by atoms with van der Waals surface area (Å²) in [6.45, 7) is 3.86. The molecule has 0 aliphatic carbocycles. The van der Waals surface area contributed by atoms with Crippen molar-refractivity contribution in [2.24, 2.45) is 5.41 Å². The minimum absolute atomic E-state index is 0.254. The van der Waals surface area contributed by atoms with Crippen molar-refractivity contribution in [1.82, 2.24) is 4.98 Å². The summed E-state index contributed by atoms with van der Waals surface area (Å²) in [5, 5.41) is 18.5. The number of thioether (sulfide) groups is 1. The molecule has 5 heteroatoms. The molecule has 1 heterocycles. The molecule has 0 aliphatic rings. The zero-order valence-electron chi connectivity index (χ0n) is 11.2. The number of hydrogen-bond acceptors (Lipinski definition) is 4. The molecule has 0 saturated carbocycles. The Kier molecular flexibility index (Phi) is 5.84. The molecule has 1 rings (SSSR count). The Morgan fingerprint density at radius 3 is 2.89 bits per heavy atom. The summed E-state index contributed by atoms with van der Waals surface area (Å²) in [5.74, 6) is -0.125. The molecule has 0 unspecified atom stereocenters. The number of nitrogens with zero attached hydrogens (tertiary/aromatic N) is 2. The third kappa shape index (κ3) is 5.31. The van der Waals surface area contributed by atoms with E-state index < -0.39 is 5.97 Å². The Labute approximate surface area is 117 Å². The number of aromatic carboxylic acids is 1. The van der Waals surface area contributed by atoms with Crippen LogP contribution < -0.4 is 0 Å². The SMILES string of the molecule is CC(C)(C#N)CCCCSc1ncccc1C(=O)O. The van der Waals surface area contributed by atoms with Crippen molar-refractivity contribution in [2.45, 2.75) is 38.1 Å². The molecule has 1 N–H and O–H groups in total. The van der Waals surface area contributed by atoms with Crippen molar-refractivity contribution in [2.75, 3.05) is 5.75 Å². The normalized spacial score (nSPS) is 11.0. The molecule has 1 aromatic heterocycles. The molecular formula is C14H18N2O2S. The Balaban J connectivity index is 2.39. The van der Waals surface area contributed by atoms with E-state index in [0.717, 1.165) is 25.0 Å². The maximum absolute atomic E-state index is 11.0. The highest BCUT2D eigenvalue weighted by Gasteiger charge is 2.15. The Hall–Kier alpha value is -1.54. The Bertz CT molecular complexity index is 481. The fourth-order valence-electron chi connectivity index (χ4n) is 1.56. The molecule has 0 fully saturated rings. The number of unbranched alkanes of at least 4 members (excludes halogenated alkanes) is 1. The third-order valence-corrected chi connectivity index (χ3v) is 3.83. The van der Waals surface area contributed by atoms with Gasteiger partial charge < -0.3 is 5.11 Å². The van der Waals surface area contributed by atoms with Gasteiger partial charge in [-0.05, 0) is 44.6 Å². The summed E-state index contributed by atoms with van der Waals surface area (Å²) in [6, 6.07) is 5.47. The van der Waals surface area contributed by atoms with Gasteiger partial charge in [0.2, 0.25) is 0 Å². The second kappa shape index (κ2) is 7.15. The van der Waals surface area contributed by atoms with Gasteiger partial charge in [-0.1, -0.05) is 6.42 Å². The van der Waals surface area contributed by atoms with Gasteiger partial charge in [0.25, 0.3) is 0 Å². The van der Waals surface area contributed by atoms with Crippen LogP contribution in [0.2, 0.25) is 0 Å². The van der Waals surface area contributed by atoms with Crippen LogP contribution in [0.5, 0.6) is 0 Å². The summed E-state index contributed by atoms with van der Waals surface area (Å²) in [7, 11) is 0. The summed E-state index contributed by atoms with van der Waals surface area (Å²) in [4.78, 5) is 15.1. The van der Waals surface area contributed by atoms with Crippen LogP contribution in [0.4, 0.5) is 0 Å². The average Bonchev–Trinajstić information content (AvgIpc) is 2.38. The van der Waals surface area contributed by atoms with Crippen LogP contribution in [-0.2, 0) is 0 Å². The lowest BCUT2D eigenvalue weighted by molar-refractivity contribution is 0.0692. The summed E-state index contributed by atoms with van der Waals surface area (Å²) in [6.07, 6.45) is 4.37. The summed E-state index contributed by atoms with van der Waals surface area (Å²) < 4.78 is 0. The van der Waals surface area contributed by atoms with E-state index in [2.05, 4.69) is 11.1 Å². The molecule has 4 nitrogen and oxygen atoms in total. The van der Waals surface area contributed by atoms with E-state index in [1.54, 1.807) is 18.3 Å². The van der Waals surface area contributed by atoms with Crippen molar-refractivity contribution in [3.8, 4) is 6.07 Å². The number of nitriles is 1. The number of carboxylic acid groups (broad SMARTS) is 1. The van der Waals surface area contributed by atoms with E-state index in [9.17, 15) is 4.79 Å². The van der Waals surface area contributed by atoms with Crippen LogP contribution in [0.3, 0.4) is 0 Å². The topological polar surface area (TPSA) is 74.0 Å².